The summed E-state index contributed by atoms with van der Waals surface area (Å²) in [6.07, 6.45) is -2.94. The van der Waals surface area contributed by atoms with Crippen molar-refractivity contribution in [3.63, 3.8) is 0 Å². The van der Waals surface area contributed by atoms with Crippen LogP contribution in [0.4, 0.5) is 13.2 Å². The van der Waals surface area contributed by atoms with E-state index in [2.05, 4.69) is 0 Å². The third kappa shape index (κ3) is 3.46. The van der Waals surface area contributed by atoms with Crippen molar-refractivity contribution in [2.75, 3.05) is 13.4 Å². The van der Waals surface area contributed by atoms with Crippen LogP contribution in [0.15, 0.2) is 17.0 Å². The van der Waals surface area contributed by atoms with E-state index in [1.165, 1.54) is 7.11 Å². The standard InChI is InChI=1S/C10H10F3NO2S.ClH/c1-16-6-3-5(10(11,12)13)4-7(17-2)8(6)9(14)15;/h3-4H,1-2H3,(H2,14,15);1H. The van der Waals surface area contributed by atoms with E-state index in [1.54, 1.807) is 6.26 Å². The van der Waals surface area contributed by atoms with Gasteiger partial charge in [0, 0.05) is 4.90 Å². The number of amides is 1. The second kappa shape index (κ2) is 6.19. The molecule has 3 nitrogen and oxygen atoms in total. The number of primary amides is 1. The van der Waals surface area contributed by atoms with E-state index in [-0.39, 0.29) is 28.6 Å². The van der Waals surface area contributed by atoms with E-state index in [0.29, 0.717) is 0 Å². The van der Waals surface area contributed by atoms with Crippen molar-refractivity contribution in [3.05, 3.63) is 23.3 Å². The monoisotopic (exact) mass is 301 g/mol. The minimum absolute atomic E-state index is 0. The first-order valence-corrected chi connectivity index (χ1v) is 5.66. The van der Waals surface area contributed by atoms with E-state index in [1.807, 2.05) is 0 Å². The Labute approximate surface area is 112 Å². The van der Waals surface area contributed by atoms with E-state index in [0.717, 1.165) is 23.9 Å². The molecule has 102 valence electrons. The van der Waals surface area contributed by atoms with Crippen LogP contribution in [0, 0.1) is 0 Å². The number of hydrogen-bond donors (Lipinski definition) is 1. The highest BCUT2D eigenvalue weighted by atomic mass is 35.5. The Kier molecular flexibility index (Phi) is 5.82. The summed E-state index contributed by atoms with van der Waals surface area (Å²) >= 11 is 1.00. The minimum Gasteiger partial charge on any atom is -0.496 e. The molecular weight excluding hydrogens is 291 g/mol. The molecule has 1 aromatic carbocycles. The van der Waals surface area contributed by atoms with Gasteiger partial charge in [-0.25, -0.2) is 0 Å². The lowest BCUT2D eigenvalue weighted by atomic mass is 10.1. The quantitative estimate of drug-likeness (QED) is 0.873. The summed E-state index contributed by atoms with van der Waals surface area (Å²) in [6.45, 7) is 0. The van der Waals surface area contributed by atoms with Crippen molar-refractivity contribution in [3.8, 4) is 5.75 Å². The largest absolute Gasteiger partial charge is 0.496 e. The third-order valence-corrected chi connectivity index (χ3v) is 2.84. The maximum atomic E-state index is 12.6. The number of alkyl halides is 3. The molecule has 0 atom stereocenters. The zero-order chi connectivity index (χ0) is 13.2. The SMILES string of the molecule is COc1cc(C(F)(F)F)cc(SC)c1C(N)=O.Cl. The molecule has 0 aromatic heterocycles. The smallest absolute Gasteiger partial charge is 0.416 e. The summed E-state index contributed by atoms with van der Waals surface area (Å²) in [5, 5.41) is 0. The fourth-order valence-corrected chi connectivity index (χ4v) is 1.97. The van der Waals surface area contributed by atoms with Crippen molar-refractivity contribution in [2.45, 2.75) is 11.1 Å². The van der Waals surface area contributed by atoms with Gasteiger partial charge in [-0.2, -0.15) is 13.2 Å². The molecule has 0 unspecified atom stereocenters. The van der Waals surface area contributed by atoms with Crippen LogP contribution in [0.2, 0.25) is 0 Å². The molecular formula is C10H11ClF3NO2S. The molecule has 0 heterocycles. The average molecular weight is 302 g/mol. The summed E-state index contributed by atoms with van der Waals surface area (Å²) in [6, 6.07) is 1.65. The Morgan fingerprint density at radius 1 is 1.39 bits per heavy atom. The second-order valence-electron chi connectivity index (χ2n) is 3.12. The van der Waals surface area contributed by atoms with Gasteiger partial charge in [-0.05, 0) is 18.4 Å². The van der Waals surface area contributed by atoms with Crippen molar-refractivity contribution < 1.29 is 22.7 Å². The number of methoxy groups -OCH3 is 1. The van der Waals surface area contributed by atoms with Gasteiger partial charge in [0.2, 0.25) is 0 Å². The van der Waals surface area contributed by atoms with Crippen LogP contribution < -0.4 is 10.5 Å². The van der Waals surface area contributed by atoms with Crippen molar-refractivity contribution in [2.24, 2.45) is 5.73 Å². The molecule has 0 radical (unpaired) electrons. The van der Waals surface area contributed by atoms with Crippen molar-refractivity contribution in [1.29, 1.82) is 0 Å². The maximum absolute atomic E-state index is 12.6. The predicted molar refractivity (Wildman–Crippen MR) is 65.5 cm³/mol. The lowest BCUT2D eigenvalue weighted by Crippen LogP contribution is -2.15. The highest BCUT2D eigenvalue weighted by Gasteiger charge is 2.33. The molecule has 1 aromatic rings. The summed E-state index contributed by atoms with van der Waals surface area (Å²) in [5.41, 5.74) is 4.21. The first-order chi connectivity index (χ1) is 7.81. The van der Waals surface area contributed by atoms with Gasteiger partial charge in [0.05, 0.1) is 18.2 Å². The Hall–Kier alpha value is -1.08. The van der Waals surface area contributed by atoms with Crippen LogP contribution >= 0.6 is 24.2 Å². The predicted octanol–water partition coefficient (Wildman–Crippen LogP) is 2.96. The molecule has 0 bridgehead atoms. The summed E-state index contributed by atoms with van der Waals surface area (Å²) < 4.78 is 42.5. The molecule has 1 rings (SSSR count). The molecule has 18 heavy (non-hydrogen) atoms. The number of nitrogens with two attached hydrogens (primary N) is 1. The van der Waals surface area contributed by atoms with E-state index in [9.17, 15) is 18.0 Å². The molecule has 0 fully saturated rings. The first kappa shape index (κ1) is 16.9. The Bertz CT molecular complexity index is 426. The zero-order valence-corrected chi connectivity index (χ0v) is 11.1. The Morgan fingerprint density at radius 3 is 2.28 bits per heavy atom. The number of ether oxygens (including phenoxy) is 1. The number of halogens is 4. The van der Waals surface area contributed by atoms with E-state index in [4.69, 9.17) is 10.5 Å². The Morgan fingerprint density at radius 2 is 1.94 bits per heavy atom. The normalized spacial score (nSPS) is 10.7. The van der Waals surface area contributed by atoms with Gasteiger partial charge in [0.15, 0.2) is 0 Å². The Balaban J connectivity index is 0.00000289. The highest BCUT2D eigenvalue weighted by molar-refractivity contribution is 7.98. The number of carbonyl (C=O) groups excluding carboxylic acids is 1. The van der Waals surface area contributed by atoms with Crippen LogP contribution in [0.25, 0.3) is 0 Å². The van der Waals surface area contributed by atoms with Gasteiger partial charge in [-0.15, -0.1) is 24.2 Å². The van der Waals surface area contributed by atoms with Crippen LogP contribution in [0.5, 0.6) is 5.75 Å². The van der Waals surface area contributed by atoms with Crippen LogP contribution in [0.3, 0.4) is 0 Å². The maximum Gasteiger partial charge on any atom is 0.416 e. The molecule has 1 amide bonds. The molecule has 0 aliphatic heterocycles. The number of rotatable bonds is 3. The average Bonchev–Trinajstić information content (AvgIpc) is 2.25. The van der Waals surface area contributed by atoms with Gasteiger partial charge in [-0.1, -0.05) is 0 Å². The minimum atomic E-state index is -4.49. The van der Waals surface area contributed by atoms with E-state index >= 15 is 0 Å². The van der Waals surface area contributed by atoms with Gasteiger partial charge in [-0.3, -0.25) is 4.79 Å². The molecule has 0 aliphatic carbocycles. The number of benzene rings is 1. The number of hydrogen-bond acceptors (Lipinski definition) is 3. The highest BCUT2D eigenvalue weighted by Crippen LogP contribution is 2.37. The first-order valence-electron chi connectivity index (χ1n) is 4.44. The third-order valence-electron chi connectivity index (χ3n) is 2.08. The van der Waals surface area contributed by atoms with Gasteiger partial charge < -0.3 is 10.5 Å². The van der Waals surface area contributed by atoms with Crippen molar-refractivity contribution in [1.82, 2.24) is 0 Å². The zero-order valence-electron chi connectivity index (χ0n) is 9.50. The van der Waals surface area contributed by atoms with Gasteiger partial charge in [0.25, 0.3) is 5.91 Å². The molecule has 8 heteroatoms. The molecule has 2 N–H and O–H groups in total. The summed E-state index contributed by atoms with van der Waals surface area (Å²) in [4.78, 5) is 11.3. The van der Waals surface area contributed by atoms with Crippen LogP contribution in [0.1, 0.15) is 15.9 Å². The number of carbonyl (C=O) groups is 1. The fourth-order valence-electron chi connectivity index (χ4n) is 1.32. The number of thioether (sulfide) groups is 1. The molecule has 0 saturated heterocycles. The van der Waals surface area contributed by atoms with Gasteiger partial charge in [0.1, 0.15) is 5.75 Å². The van der Waals surface area contributed by atoms with Crippen LogP contribution in [-0.4, -0.2) is 19.3 Å². The van der Waals surface area contributed by atoms with Gasteiger partial charge >= 0.3 is 6.18 Å². The van der Waals surface area contributed by atoms with Crippen LogP contribution in [-0.2, 0) is 6.18 Å². The lowest BCUT2D eigenvalue weighted by Gasteiger charge is -2.14. The van der Waals surface area contributed by atoms with Crippen molar-refractivity contribution >= 4 is 30.1 Å². The van der Waals surface area contributed by atoms with E-state index < -0.39 is 17.6 Å². The molecule has 0 saturated carbocycles. The topological polar surface area (TPSA) is 52.3 Å². The second-order valence-corrected chi connectivity index (χ2v) is 3.97. The summed E-state index contributed by atoms with van der Waals surface area (Å²) in [5.74, 6) is -0.989. The fraction of sp³-hybridized carbons (Fsp3) is 0.300. The lowest BCUT2D eigenvalue weighted by molar-refractivity contribution is -0.137. The molecule has 0 aliphatic rings. The summed E-state index contributed by atoms with van der Waals surface area (Å²) in [7, 11) is 1.19. The molecule has 0 spiro atoms.